The third-order valence-electron chi connectivity index (χ3n) is 2.59. The van der Waals surface area contributed by atoms with E-state index in [0.29, 0.717) is 0 Å². The van der Waals surface area contributed by atoms with Crippen LogP contribution in [0.5, 0.6) is 5.75 Å². The number of fused-ring (bicyclic) bond motifs is 1. The first kappa shape index (κ1) is 9.06. The molecule has 0 heterocycles. The Hall–Kier alpha value is -1.51. The SMILES string of the molecule is COc1cc(C)cc2c1C(=NO)CC2. The first-order chi connectivity index (χ1) is 6.76. The minimum absolute atomic E-state index is 0.733. The molecule has 0 radical (unpaired) electrons. The van der Waals surface area contributed by atoms with Crippen LogP contribution in [0.2, 0.25) is 0 Å². The largest absolute Gasteiger partial charge is 0.496 e. The lowest BCUT2D eigenvalue weighted by molar-refractivity contribution is 0.318. The molecule has 3 heteroatoms. The third kappa shape index (κ3) is 1.25. The second-order valence-electron chi connectivity index (χ2n) is 3.55. The van der Waals surface area contributed by atoms with Crippen molar-refractivity contribution in [3.05, 3.63) is 28.8 Å². The average molecular weight is 191 g/mol. The van der Waals surface area contributed by atoms with Crippen molar-refractivity contribution in [1.82, 2.24) is 0 Å². The fourth-order valence-electron chi connectivity index (χ4n) is 1.99. The fraction of sp³-hybridized carbons (Fsp3) is 0.364. The molecule has 0 fully saturated rings. The van der Waals surface area contributed by atoms with E-state index in [1.807, 2.05) is 13.0 Å². The number of benzene rings is 1. The van der Waals surface area contributed by atoms with E-state index >= 15 is 0 Å². The van der Waals surface area contributed by atoms with Crippen molar-refractivity contribution >= 4 is 5.71 Å². The van der Waals surface area contributed by atoms with Gasteiger partial charge in [0.05, 0.1) is 12.8 Å². The van der Waals surface area contributed by atoms with Crippen LogP contribution in [0.15, 0.2) is 17.3 Å². The van der Waals surface area contributed by atoms with E-state index in [0.717, 1.165) is 29.9 Å². The zero-order valence-electron chi connectivity index (χ0n) is 8.37. The predicted octanol–water partition coefficient (Wildman–Crippen LogP) is 2.13. The van der Waals surface area contributed by atoms with Gasteiger partial charge in [0.2, 0.25) is 0 Å². The topological polar surface area (TPSA) is 41.8 Å². The van der Waals surface area contributed by atoms with Crippen LogP contribution in [0.4, 0.5) is 0 Å². The number of methoxy groups -OCH3 is 1. The van der Waals surface area contributed by atoms with Gasteiger partial charge in [-0.1, -0.05) is 11.2 Å². The summed E-state index contributed by atoms with van der Waals surface area (Å²) in [6.07, 6.45) is 1.73. The zero-order chi connectivity index (χ0) is 10.1. The molecule has 0 spiro atoms. The number of aryl methyl sites for hydroxylation is 2. The summed E-state index contributed by atoms with van der Waals surface area (Å²) in [5.41, 5.74) is 4.10. The van der Waals surface area contributed by atoms with Gasteiger partial charge in [0.25, 0.3) is 0 Å². The van der Waals surface area contributed by atoms with Crippen molar-refractivity contribution in [2.45, 2.75) is 19.8 Å². The summed E-state index contributed by atoms with van der Waals surface area (Å²) in [4.78, 5) is 0. The fourth-order valence-corrected chi connectivity index (χ4v) is 1.99. The van der Waals surface area contributed by atoms with E-state index in [1.165, 1.54) is 11.1 Å². The molecule has 0 unspecified atom stereocenters. The molecular weight excluding hydrogens is 178 g/mol. The van der Waals surface area contributed by atoms with Crippen molar-refractivity contribution in [2.75, 3.05) is 7.11 Å². The molecule has 2 rings (SSSR count). The van der Waals surface area contributed by atoms with Gasteiger partial charge in [0.15, 0.2) is 0 Å². The molecule has 1 aliphatic rings. The number of ether oxygens (including phenoxy) is 1. The van der Waals surface area contributed by atoms with E-state index in [-0.39, 0.29) is 0 Å². The minimum atomic E-state index is 0.733. The van der Waals surface area contributed by atoms with Crippen LogP contribution < -0.4 is 4.74 Å². The molecule has 0 saturated heterocycles. The van der Waals surface area contributed by atoms with Crippen molar-refractivity contribution in [1.29, 1.82) is 0 Å². The Kier molecular flexibility index (Phi) is 2.15. The van der Waals surface area contributed by atoms with Gasteiger partial charge >= 0.3 is 0 Å². The molecule has 14 heavy (non-hydrogen) atoms. The van der Waals surface area contributed by atoms with Gasteiger partial charge in [-0.2, -0.15) is 0 Å². The van der Waals surface area contributed by atoms with Gasteiger partial charge in [-0.3, -0.25) is 0 Å². The number of nitrogens with zero attached hydrogens (tertiary/aromatic N) is 1. The molecule has 0 bridgehead atoms. The van der Waals surface area contributed by atoms with E-state index in [4.69, 9.17) is 9.94 Å². The maximum atomic E-state index is 8.83. The Labute approximate surface area is 83.0 Å². The molecule has 1 aromatic rings. The molecule has 0 amide bonds. The number of hydrogen-bond donors (Lipinski definition) is 1. The summed E-state index contributed by atoms with van der Waals surface area (Å²) in [6, 6.07) is 4.09. The lowest BCUT2D eigenvalue weighted by Gasteiger charge is -2.08. The molecule has 0 aromatic heterocycles. The maximum Gasteiger partial charge on any atom is 0.128 e. The summed E-state index contributed by atoms with van der Waals surface area (Å²) in [7, 11) is 1.64. The van der Waals surface area contributed by atoms with Crippen LogP contribution in [0.3, 0.4) is 0 Å². The highest BCUT2D eigenvalue weighted by Crippen LogP contribution is 2.32. The normalized spacial score (nSPS) is 17.1. The van der Waals surface area contributed by atoms with Gasteiger partial charge in [0, 0.05) is 5.56 Å². The maximum absolute atomic E-state index is 8.83. The van der Waals surface area contributed by atoms with Crippen molar-refractivity contribution in [2.24, 2.45) is 5.16 Å². The first-order valence-electron chi connectivity index (χ1n) is 4.65. The quantitative estimate of drug-likeness (QED) is 0.545. The summed E-state index contributed by atoms with van der Waals surface area (Å²) in [5, 5.41) is 12.1. The molecule has 1 N–H and O–H groups in total. The second kappa shape index (κ2) is 3.33. The van der Waals surface area contributed by atoms with Crippen LogP contribution in [0.1, 0.15) is 23.1 Å². The average Bonchev–Trinajstić information content (AvgIpc) is 2.59. The Morgan fingerprint density at radius 1 is 1.36 bits per heavy atom. The molecule has 3 nitrogen and oxygen atoms in total. The summed E-state index contributed by atoms with van der Waals surface area (Å²) in [5.74, 6) is 0.810. The first-order valence-corrected chi connectivity index (χ1v) is 4.65. The highest BCUT2D eigenvalue weighted by atomic mass is 16.5. The molecule has 0 saturated carbocycles. The molecule has 1 aliphatic carbocycles. The predicted molar refractivity (Wildman–Crippen MR) is 54.4 cm³/mol. The summed E-state index contributed by atoms with van der Waals surface area (Å²) >= 11 is 0. The van der Waals surface area contributed by atoms with Gasteiger partial charge in [-0.05, 0) is 37.0 Å². The van der Waals surface area contributed by atoms with Crippen LogP contribution in [-0.4, -0.2) is 18.0 Å². The standard InChI is InChI=1S/C11H13NO2/c1-7-5-8-3-4-9(12-13)11(8)10(6-7)14-2/h5-6,13H,3-4H2,1-2H3. The smallest absolute Gasteiger partial charge is 0.128 e. The van der Waals surface area contributed by atoms with Gasteiger partial charge in [-0.25, -0.2) is 0 Å². The lowest BCUT2D eigenvalue weighted by atomic mass is 10.1. The number of hydrogen-bond acceptors (Lipinski definition) is 3. The van der Waals surface area contributed by atoms with Crippen LogP contribution >= 0.6 is 0 Å². The minimum Gasteiger partial charge on any atom is -0.496 e. The van der Waals surface area contributed by atoms with E-state index in [2.05, 4.69) is 11.2 Å². The number of rotatable bonds is 1. The van der Waals surface area contributed by atoms with Crippen molar-refractivity contribution in [3.8, 4) is 5.75 Å². The van der Waals surface area contributed by atoms with E-state index in [1.54, 1.807) is 7.11 Å². The Morgan fingerprint density at radius 2 is 2.14 bits per heavy atom. The lowest BCUT2D eigenvalue weighted by Crippen LogP contribution is -1.99. The van der Waals surface area contributed by atoms with Crippen molar-refractivity contribution in [3.63, 3.8) is 0 Å². The zero-order valence-corrected chi connectivity index (χ0v) is 8.37. The van der Waals surface area contributed by atoms with E-state index < -0.39 is 0 Å². The monoisotopic (exact) mass is 191 g/mol. The summed E-state index contributed by atoms with van der Waals surface area (Å²) in [6.45, 7) is 2.04. The molecule has 74 valence electrons. The Balaban J connectivity index is 2.63. The third-order valence-corrected chi connectivity index (χ3v) is 2.59. The molecular formula is C11H13NO2. The second-order valence-corrected chi connectivity index (χ2v) is 3.55. The number of oxime groups is 1. The van der Waals surface area contributed by atoms with Gasteiger partial charge in [-0.15, -0.1) is 0 Å². The highest BCUT2D eigenvalue weighted by molar-refractivity contribution is 6.06. The molecule has 0 aliphatic heterocycles. The molecule has 0 atom stereocenters. The van der Waals surface area contributed by atoms with Gasteiger partial charge in [0.1, 0.15) is 5.75 Å². The van der Waals surface area contributed by atoms with Crippen molar-refractivity contribution < 1.29 is 9.94 Å². The Morgan fingerprint density at radius 3 is 2.79 bits per heavy atom. The molecule has 1 aromatic carbocycles. The Bertz CT molecular complexity index is 397. The summed E-state index contributed by atoms with van der Waals surface area (Å²) < 4.78 is 5.28. The van der Waals surface area contributed by atoms with E-state index in [9.17, 15) is 0 Å². The highest BCUT2D eigenvalue weighted by Gasteiger charge is 2.22. The van der Waals surface area contributed by atoms with Gasteiger partial charge < -0.3 is 9.94 Å². The van der Waals surface area contributed by atoms with Crippen LogP contribution in [0.25, 0.3) is 0 Å². The van der Waals surface area contributed by atoms with Crippen LogP contribution in [-0.2, 0) is 6.42 Å². The van der Waals surface area contributed by atoms with Crippen LogP contribution in [0, 0.1) is 6.92 Å².